The number of benzene rings is 1. The molecule has 2 N–H and O–H groups in total. The summed E-state index contributed by atoms with van der Waals surface area (Å²) in [7, 11) is 0. The summed E-state index contributed by atoms with van der Waals surface area (Å²) in [6.45, 7) is 0.224. The van der Waals surface area contributed by atoms with E-state index in [9.17, 15) is 23.1 Å². The number of nitrogens with one attached hydrogen (secondary N) is 1. The van der Waals surface area contributed by atoms with Crippen LogP contribution < -0.4 is 5.32 Å². The molecule has 9 heteroatoms. The lowest BCUT2D eigenvalue weighted by atomic mass is 9.83. The molecule has 0 spiro atoms. The Balaban J connectivity index is 1.53. The van der Waals surface area contributed by atoms with Crippen LogP contribution in [-0.4, -0.2) is 27.6 Å². The second-order valence-electron chi connectivity index (χ2n) is 7.49. The van der Waals surface area contributed by atoms with Gasteiger partial charge in [0.1, 0.15) is 5.69 Å². The Bertz CT molecular complexity index is 1060. The number of aliphatic hydroxyl groups excluding tert-OH is 1. The Morgan fingerprint density at radius 3 is 2.67 bits per heavy atom. The van der Waals surface area contributed by atoms with Crippen LogP contribution in [0.15, 0.2) is 36.5 Å². The van der Waals surface area contributed by atoms with E-state index in [4.69, 9.17) is 4.98 Å². The third kappa shape index (κ3) is 4.32. The summed E-state index contributed by atoms with van der Waals surface area (Å²) in [6.07, 6.45) is 0.415. The SMILES string of the molecule is O=C(Nc1ccc2nc(C3CCC(CO)CC3)sc2c1)c1ncccc1C(F)(F)F. The van der Waals surface area contributed by atoms with Gasteiger partial charge in [0, 0.05) is 24.4 Å². The number of nitrogens with zero attached hydrogens (tertiary/aromatic N) is 2. The Hall–Kier alpha value is -2.52. The first-order chi connectivity index (χ1) is 14.3. The molecule has 1 aliphatic carbocycles. The molecule has 30 heavy (non-hydrogen) atoms. The highest BCUT2D eigenvalue weighted by molar-refractivity contribution is 7.18. The lowest BCUT2D eigenvalue weighted by Crippen LogP contribution is -2.20. The minimum atomic E-state index is -4.66. The number of fused-ring (bicyclic) bond motifs is 1. The molecule has 1 fully saturated rings. The standard InChI is InChI=1S/C21H20F3N3O2S/c22-21(23,24)15-2-1-9-25-18(15)19(29)26-14-7-8-16-17(10-14)30-20(27-16)13-5-3-12(11-28)4-6-13/h1-2,7-10,12-13,28H,3-6,11H2,(H,26,29). The molecular formula is C21H20F3N3O2S. The number of thiazole rings is 1. The Morgan fingerprint density at radius 1 is 1.20 bits per heavy atom. The molecule has 1 aromatic carbocycles. The zero-order valence-electron chi connectivity index (χ0n) is 15.9. The van der Waals surface area contributed by atoms with E-state index in [-0.39, 0.29) is 6.61 Å². The third-order valence-electron chi connectivity index (χ3n) is 5.45. The molecule has 0 aliphatic heterocycles. The number of anilines is 1. The molecule has 0 saturated heterocycles. The fourth-order valence-electron chi connectivity index (χ4n) is 3.79. The van der Waals surface area contributed by atoms with Crippen molar-refractivity contribution in [3.63, 3.8) is 0 Å². The van der Waals surface area contributed by atoms with E-state index in [1.54, 1.807) is 18.2 Å². The Kier molecular flexibility index (Phi) is 5.75. The van der Waals surface area contributed by atoms with E-state index in [2.05, 4.69) is 10.3 Å². The second kappa shape index (κ2) is 8.31. The molecule has 0 bridgehead atoms. The van der Waals surface area contributed by atoms with Gasteiger partial charge in [0.2, 0.25) is 0 Å². The number of carbonyl (C=O) groups excluding carboxylic acids is 1. The van der Waals surface area contributed by atoms with Crippen LogP contribution in [0.3, 0.4) is 0 Å². The van der Waals surface area contributed by atoms with E-state index in [1.807, 2.05) is 0 Å². The van der Waals surface area contributed by atoms with Crippen LogP contribution in [0.2, 0.25) is 0 Å². The summed E-state index contributed by atoms with van der Waals surface area (Å²) in [5.41, 5.74) is -0.533. The minimum Gasteiger partial charge on any atom is -0.396 e. The maximum Gasteiger partial charge on any atom is 0.418 e. The van der Waals surface area contributed by atoms with E-state index in [1.165, 1.54) is 11.3 Å². The lowest BCUT2D eigenvalue weighted by molar-refractivity contribution is -0.138. The predicted molar refractivity (Wildman–Crippen MR) is 109 cm³/mol. The zero-order chi connectivity index (χ0) is 21.3. The van der Waals surface area contributed by atoms with Gasteiger partial charge in [-0.3, -0.25) is 9.78 Å². The topological polar surface area (TPSA) is 75.1 Å². The van der Waals surface area contributed by atoms with Gasteiger partial charge in [0.25, 0.3) is 5.91 Å². The number of aliphatic hydroxyl groups is 1. The number of alkyl halides is 3. The number of halogens is 3. The smallest absolute Gasteiger partial charge is 0.396 e. The Labute approximate surface area is 175 Å². The first-order valence-electron chi connectivity index (χ1n) is 9.70. The lowest BCUT2D eigenvalue weighted by Gasteiger charge is -2.25. The van der Waals surface area contributed by atoms with Crippen LogP contribution in [0, 0.1) is 5.92 Å². The van der Waals surface area contributed by atoms with E-state index in [0.29, 0.717) is 17.5 Å². The van der Waals surface area contributed by atoms with Crippen molar-refractivity contribution < 1.29 is 23.1 Å². The maximum atomic E-state index is 13.1. The number of carbonyl (C=O) groups is 1. The maximum absolute atomic E-state index is 13.1. The highest BCUT2D eigenvalue weighted by Crippen LogP contribution is 2.39. The summed E-state index contributed by atoms with van der Waals surface area (Å²) in [5, 5.41) is 12.8. The largest absolute Gasteiger partial charge is 0.418 e. The van der Waals surface area contributed by atoms with Crippen molar-refractivity contribution in [1.29, 1.82) is 0 Å². The monoisotopic (exact) mass is 435 g/mol. The van der Waals surface area contributed by atoms with Crippen LogP contribution in [-0.2, 0) is 6.18 Å². The summed E-state index contributed by atoms with van der Waals surface area (Å²) in [4.78, 5) is 20.7. The first kappa shape index (κ1) is 20.7. The van der Waals surface area contributed by atoms with Gasteiger partial charge >= 0.3 is 6.18 Å². The van der Waals surface area contributed by atoms with Crippen molar-refractivity contribution in [1.82, 2.24) is 9.97 Å². The van der Waals surface area contributed by atoms with Crippen molar-refractivity contribution in [3.05, 3.63) is 52.8 Å². The molecule has 3 aromatic rings. The number of hydrogen-bond donors (Lipinski definition) is 2. The average Bonchev–Trinajstić information content (AvgIpc) is 3.16. The fourth-order valence-corrected chi connectivity index (χ4v) is 4.97. The molecule has 2 heterocycles. The van der Waals surface area contributed by atoms with Gasteiger partial charge in [-0.2, -0.15) is 13.2 Å². The zero-order valence-corrected chi connectivity index (χ0v) is 16.8. The molecule has 1 amide bonds. The van der Waals surface area contributed by atoms with Gasteiger partial charge < -0.3 is 10.4 Å². The molecule has 0 unspecified atom stereocenters. The van der Waals surface area contributed by atoms with E-state index >= 15 is 0 Å². The number of hydrogen-bond acceptors (Lipinski definition) is 5. The van der Waals surface area contributed by atoms with Crippen molar-refractivity contribution >= 4 is 33.1 Å². The second-order valence-corrected chi connectivity index (χ2v) is 8.55. The third-order valence-corrected chi connectivity index (χ3v) is 6.63. The number of amides is 1. The molecule has 1 aliphatic rings. The molecule has 0 radical (unpaired) electrons. The average molecular weight is 435 g/mol. The predicted octanol–water partition coefficient (Wildman–Crippen LogP) is 5.23. The number of aromatic nitrogens is 2. The summed E-state index contributed by atoms with van der Waals surface area (Å²) in [5.74, 6) is -0.189. The highest BCUT2D eigenvalue weighted by atomic mass is 32.1. The molecule has 0 atom stereocenters. The van der Waals surface area contributed by atoms with Gasteiger partial charge in [-0.1, -0.05) is 0 Å². The van der Waals surface area contributed by atoms with Crippen molar-refractivity contribution in [2.45, 2.75) is 37.8 Å². The van der Waals surface area contributed by atoms with Crippen molar-refractivity contribution in [2.75, 3.05) is 11.9 Å². The molecule has 158 valence electrons. The van der Waals surface area contributed by atoms with Gasteiger partial charge in [-0.05, 0) is 61.9 Å². The van der Waals surface area contributed by atoms with Gasteiger partial charge in [-0.25, -0.2) is 4.98 Å². The van der Waals surface area contributed by atoms with Gasteiger partial charge in [0.15, 0.2) is 0 Å². The van der Waals surface area contributed by atoms with Crippen LogP contribution in [0.1, 0.15) is 52.7 Å². The van der Waals surface area contributed by atoms with E-state index in [0.717, 1.165) is 59.2 Å². The van der Waals surface area contributed by atoms with Gasteiger partial charge in [0.05, 0.1) is 20.8 Å². The van der Waals surface area contributed by atoms with Gasteiger partial charge in [-0.15, -0.1) is 11.3 Å². The molecule has 5 nitrogen and oxygen atoms in total. The van der Waals surface area contributed by atoms with Crippen LogP contribution in [0.25, 0.3) is 10.2 Å². The molecule has 4 rings (SSSR count). The summed E-state index contributed by atoms with van der Waals surface area (Å²) < 4.78 is 40.3. The van der Waals surface area contributed by atoms with Crippen molar-refractivity contribution in [3.8, 4) is 0 Å². The number of rotatable bonds is 4. The van der Waals surface area contributed by atoms with E-state index < -0.39 is 23.3 Å². The molecular weight excluding hydrogens is 415 g/mol. The number of pyridine rings is 1. The summed E-state index contributed by atoms with van der Waals surface area (Å²) in [6, 6.07) is 7.10. The molecule has 1 saturated carbocycles. The minimum absolute atomic E-state index is 0.224. The molecule has 2 aromatic heterocycles. The van der Waals surface area contributed by atoms with Crippen LogP contribution in [0.5, 0.6) is 0 Å². The quantitative estimate of drug-likeness (QED) is 0.589. The highest BCUT2D eigenvalue weighted by Gasteiger charge is 2.36. The van der Waals surface area contributed by atoms with Crippen LogP contribution >= 0.6 is 11.3 Å². The van der Waals surface area contributed by atoms with Crippen molar-refractivity contribution in [2.24, 2.45) is 5.92 Å². The first-order valence-corrected chi connectivity index (χ1v) is 10.5. The normalized spacial score (nSPS) is 19.7. The fraction of sp³-hybridized carbons (Fsp3) is 0.381. The summed E-state index contributed by atoms with van der Waals surface area (Å²) >= 11 is 1.54. The Morgan fingerprint density at radius 2 is 1.97 bits per heavy atom. The van der Waals surface area contributed by atoms with Crippen LogP contribution in [0.4, 0.5) is 18.9 Å².